The Kier molecular flexibility index (Phi) is 7.05. The van der Waals surface area contributed by atoms with E-state index < -0.39 is 0 Å². The molecular formula is C24H29N5O3. The van der Waals surface area contributed by atoms with Crippen LogP contribution >= 0.6 is 0 Å². The van der Waals surface area contributed by atoms with E-state index in [1.165, 1.54) is 6.20 Å². The molecule has 2 amide bonds. The summed E-state index contributed by atoms with van der Waals surface area (Å²) in [7, 11) is 0. The molecule has 8 nitrogen and oxygen atoms in total. The van der Waals surface area contributed by atoms with Gasteiger partial charge < -0.3 is 20.5 Å². The second-order valence-corrected chi connectivity index (χ2v) is 8.62. The number of nitrogens with one attached hydrogen (secondary N) is 1. The molecule has 0 aliphatic rings. The zero-order chi connectivity index (χ0) is 23.3. The monoisotopic (exact) mass is 435 g/mol. The average Bonchev–Trinajstić information content (AvgIpc) is 3.11. The number of nitrogens with zero attached hydrogens (tertiary/aromatic N) is 3. The molecule has 2 aromatic heterocycles. The molecule has 1 aromatic carbocycles. The van der Waals surface area contributed by atoms with Crippen molar-refractivity contribution in [3.05, 3.63) is 76.9 Å². The lowest BCUT2D eigenvalue weighted by Gasteiger charge is -2.32. The molecule has 0 bridgehead atoms. The normalized spacial score (nSPS) is 11.3. The molecule has 0 radical (unpaired) electrons. The first-order chi connectivity index (χ1) is 15.2. The lowest BCUT2D eigenvalue weighted by atomic mass is 9.92. The lowest BCUT2D eigenvalue weighted by molar-refractivity contribution is 0.0670. The predicted molar refractivity (Wildman–Crippen MR) is 122 cm³/mol. The Morgan fingerprint density at radius 3 is 2.59 bits per heavy atom. The van der Waals surface area contributed by atoms with Crippen molar-refractivity contribution < 1.29 is 14.1 Å². The number of pyridine rings is 1. The number of aromatic nitrogens is 2. The highest BCUT2D eigenvalue weighted by molar-refractivity contribution is 6.04. The van der Waals surface area contributed by atoms with Gasteiger partial charge in [-0.2, -0.15) is 0 Å². The average molecular weight is 436 g/mol. The van der Waals surface area contributed by atoms with Gasteiger partial charge in [-0.3, -0.25) is 14.6 Å². The maximum Gasteiger partial charge on any atom is 0.259 e. The molecule has 0 aliphatic heterocycles. The first kappa shape index (κ1) is 23.1. The number of aryl methyl sites for hydroxylation is 2. The number of nitrogens with two attached hydrogens (primary N) is 1. The van der Waals surface area contributed by atoms with E-state index in [0.29, 0.717) is 47.9 Å². The second-order valence-electron chi connectivity index (χ2n) is 8.62. The molecule has 0 saturated heterocycles. The fraction of sp³-hybridized carbons (Fsp3) is 0.333. The molecule has 0 aliphatic carbocycles. The van der Waals surface area contributed by atoms with Crippen LogP contribution in [0.4, 0.5) is 5.69 Å². The summed E-state index contributed by atoms with van der Waals surface area (Å²) in [5.41, 5.74) is 8.67. The Labute approximate surface area is 187 Å². The Morgan fingerprint density at radius 1 is 1.19 bits per heavy atom. The zero-order valence-electron chi connectivity index (χ0n) is 18.9. The molecule has 0 saturated carbocycles. The number of amides is 2. The Bertz CT molecular complexity index is 1070. The van der Waals surface area contributed by atoms with Gasteiger partial charge in [-0.05, 0) is 55.6 Å². The number of rotatable bonds is 8. The molecule has 3 aromatic rings. The zero-order valence-corrected chi connectivity index (χ0v) is 18.9. The molecule has 3 N–H and O–H groups in total. The van der Waals surface area contributed by atoms with Crippen molar-refractivity contribution in [2.75, 3.05) is 18.4 Å². The summed E-state index contributed by atoms with van der Waals surface area (Å²) in [6.07, 6.45) is 3.13. The van der Waals surface area contributed by atoms with Crippen molar-refractivity contribution in [2.24, 2.45) is 11.1 Å². The van der Waals surface area contributed by atoms with Crippen LogP contribution in [0.5, 0.6) is 0 Å². The second kappa shape index (κ2) is 9.74. The van der Waals surface area contributed by atoms with Gasteiger partial charge in [0.1, 0.15) is 11.3 Å². The van der Waals surface area contributed by atoms with Gasteiger partial charge in [-0.1, -0.05) is 31.1 Å². The van der Waals surface area contributed by atoms with E-state index in [0.717, 1.165) is 5.56 Å². The van der Waals surface area contributed by atoms with Gasteiger partial charge in [0.25, 0.3) is 11.8 Å². The number of hydrogen-bond donors (Lipinski definition) is 2. The van der Waals surface area contributed by atoms with Crippen molar-refractivity contribution in [1.82, 2.24) is 15.0 Å². The third kappa shape index (κ3) is 5.59. The molecule has 0 spiro atoms. The highest BCUT2D eigenvalue weighted by Crippen LogP contribution is 2.23. The number of carbonyl (C=O) groups is 2. The Balaban J connectivity index is 1.83. The molecule has 168 valence electrons. The van der Waals surface area contributed by atoms with E-state index in [1.54, 1.807) is 37.1 Å². The van der Waals surface area contributed by atoms with Gasteiger partial charge >= 0.3 is 0 Å². The van der Waals surface area contributed by atoms with Crippen LogP contribution in [0, 0.1) is 19.3 Å². The van der Waals surface area contributed by atoms with E-state index in [9.17, 15) is 9.59 Å². The van der Waals surface area contributed by atoms with Gasteiger partial charge in [0.05, 0.1) is 11.3 Å². The van der Waals surface area contributed by atoms with E-state index in [-0.39, 0.29) is 17.2 Å². The van der Waals surface area contributed by atoms with E-state index in [4.69, 9.17) is 10.3 Å². The van der Waals surface area contributed by atoms with Gasteiger partial charge in [0.15, 0.2) is 0 Å². The Morgan fingerprint density at radius 2 is 1.97 bits per heavy atom. The number of carbonyl (C=O) groups excluding carboxylic acids is 2. The SMILES string of the molecule is Cc1noc(C)c1C(=O)N(Cc1cccc(NC(=O)c2cccnc2)c1)CC(C)(C)CN. The molecule has 8 heteroatoms. The molecular weight excluding hydrogens is 406 g/mol. The van der Waals surface area contributed by atoms with Crippen LogP contribution in [0.25, 0.3) is 0 Å². The van der Waals surface area contributed by atoms with Crippen LogP contribution in [0.3, 0.4) is 0 Å². The fourth-order valence-electron chi connectivity index (χ4n) is 3.40. The summed E-state index contributed by atoms with van der Waals surface area (Å²) in [4.78, 5) is 31.6. The minimum atomic E-state index is -0.277. The molecule has 3 rings (SSSR count). The highest BCUT2D eigenvalue weighted by atomic mass is 16.5. The maximum atomic E-state index is 13.4. The summed E-state index contributed by atoms with van der Waals surface area (Å²) in [6.45, 7) is 8.76. The van der Waals surface area contributed by atoms with Crippen LogP contribution in [-0.4, -0.2) is 39.9 Å². The van der Waals surface area contributed by atoms with Crippen molar-refractivity contribution in [3.8, 4) is 0 Å². The minimum Gasteiger partial charge on any atom is -0.361 e. The van der Waals surface area contributed by atoms with Crippen molar-refractivity contribution in [2.45, 2.75) is 34.2 Å². The largest absolute Gasteiger partial charge is 0.361 e. The summed E-state index contributed by atoms with van der Waals surface area (Å²) < 4.78 is 5.20. The van der Waals surface area contributed by atoms with Gasteiger partial charge in [0.2, 0.25) is 0 Å². The molecule has 0 fully saturated rings. The number of anilines is 1. The molecule has 0 unspecified atom stereocenters. The predicted octanol–water partition coefficient (Wildman–Crippen LogP) is 3.57. The summed E-state index contributed by atoms with van der Waals surface area (Å²) in [6, 6.07) is 10.8. The number of hydrogen-bond acceptors (Lipinski definition) is 6. The van der Waals surface area contributed by atoms with Crippen LogP contribution < -0.4 is 11.1 Å². The van der Waals surface area contributed by atoms with Gasteiger partial charge in [-0.15, -0.1) is 0 Å². The maximum absolute atomic E-state index is 13.4. The molecule has 32 heavy (non-hydrogen) atoms. The third-order valence-electron chi connectivity index (χ3n) is 5.19. The van der Waals surface area contributed by atoms with E-state index >= 15 is 0 Å². The third-order valence-corrected chi connectivity index (χ3v) is 5.19. The van der Waals surface area contributed by atoms with Crippen molar-refractivity contribution in [1.29, 1.82) is 0 Å². The summed E-state index contributed by atoms with van der Waals surface area (Å²) >= 11 is 0. The Hall–Kier alpha value is -3.52. The fourth-order valence-corrected chi connectivity index (χ4v) is 3.40. The van der Waals surface area contributed by atoms with E-state index in [2.05, 4.69) is 15.5 Å². The van der Waals surface area contributed by atoms with Crippen LogP contribution in [0.2, 0.25) is 0 Å². The number of benzene rings is 1. The highest BCUT2D eigenvalue weighted by Gasteiger charge is 2.28. The van der Waals surface area contributed by atoms with Gasteiger partial charge in [-0.25, -0.2) is 0 Å². The first-order valence-corrected chi connectivity index (χ1v) is 10.4. The van der Waals surface area contributed by atoms with Crippen LogP contribution in [-0.2, 0) is 6.54 Å². The smallest absolute Gasteiger partial charge is 0.259 e. The molecule has 0 atom stereocenters. The molecule has 2 heterocycles. The minimum absolute atomic E-state index is 0.160. The van der Waals surface area contributed by atoms with Gasteiger partial charge in [0, 0.05) is 31.2 Å². The van der Waals surface area contributed by atoms with E-state index in [1.807, 2.05) is 38.1 Å². The summed E-state index contributed by atoms with van der Waals surface area (Å²) in [5.74, 6) is 0.0799. The van der Waals surface area contributed by atoms with Crippen LogP contribution in [0.15, 0.2) is 53.3 Å². The standard InChI is InChI=1S/C24H29N5O3/c1-16-21(17(2)32-28-16)23(31)29(15-24(3,4)14-25)13-18-7-5-9-20(11-18)27-22(30)19-8-6-10-26-12-19/h5-12H,13-15,25H2,1-4H3,(H,27,30). The van der Waals surface area contributed by atoms with Crippen molar-refractivity contribution >= 4 is 17.5 Å². The summed E-state index contributed by atoms with van der Waals surface area (Å²) in [5, 5.41) is 6.80. The van der Waals surface area contributed by atoms with Crippen LogP contribution in [0.1, 0.15) is 51.6 Å². The topological polar surface area (TPSA) is 114 Å². The lowest BCUT2D eigenvalue weighted by Crippen LogP contribution is -2.42. The quantitative estimate of drug-likeness (QED) is 0.559. The van der Waals surface area contributed by atoms with Crippen molar-refractivity contribution in [3.63, 3.8) is 0 Å². The first-order valence-electron chi connectivity index (χ1n) is 10.4.